The SMILES string of the molecule is CNc1nc(N(C)CCC(C)C)c2cc(C)sc2n1. The van der Waals surface area contributed by atoms with Crippen molar-refractivity contribution in [2.75, 3.05) is 30.9 Å². The Morgan fingerprint density at radius 3 is 2.74 bits per heavy atom. The normalized spacial score (nSPS) is 11.3. The Morgan fingerprint density at radius 1 is 1.37 bits per heavy atom. The minimum absolute atomic E-state index is 0.695. The van der Waals surface area contributed by atoms with Gasteiger partial charge in [-0.05, 0) is 25.3 Å². The summed E-state index contributed by atoms with van der Waals surface area (Å²) < 4.78 is 0. The average Bonchev–Trinajstić information content (AvgIpc) is 2.74. The first-order valence-corrected chi connectivity index (χ1v) is 7.50. The molecule has 1 N–H and O–H groups in total. The Bertz CT molecular complexity index is 562. The maximum Gasteiger partial charge on any atom is 0.225 e. The van der Waals surface area contributed by atoms with Crippen LogP contribution < -0.4 is 10.2 Å². The van der Waals surface area contributed by atoms with Gasteiger partial charge in [0.15, 0.2) is 0 Å². The number of hydrogen-bond acceptors (Lipinski definition) is 5. The van der Waals surface area contributed by atoms with E-state index in [9.17, 15) is 0 Å². The van der Waals surface area contributed by atoms with Gasteiger partial charge in [0.05, 0.1) is 5.39 Å². The van der Waals surface area contributed by atoms with Crippen LogP contribution in [0.15, 0.2) is 6.07 Å². The number of fused-ring (bicyclic) bond motifs is 1. The first kappa shape index (κ1) is 14.1. The number of aromatic nitrogens is 2. The summed E-state index contributed by atoms with van der Waals surface area (Å²) in [7, 11) is 3.97. The molecule has 2 heterocycles. The highest BCUT2D eigenvalue weighted by Gasteiger charge is 2.13. The number of rotatable bonds is 5. The second-order valence-electron chi connectivity index (χ2n) is 5.30. The number of hydrogen-bond donors (Lipinski definition) is 1. The average molecular weight is 278 g/mol. The van der Waals surface area contributed by atoms with E-state index in [1.807, 2.05) is 7.05 Å². The third-order valence-electron chi connectivity index (χ3n) is 3.12. The molecule has 2 aromatic heterocycles. The fraction of sp³-hybridized carbons (Fsp3) is 0.571. The molecular formula is C14H22N4S. The zero-order valence-corrected chi connectivity index (χ0v) is 13.1. The molecule has 19 heavy (non-hydrogen) atoms. The second-order valence-corrected chi connectivity index (χ2v) is 6.54. The van der Waals surface area contributed by atoms with Gasteiger partial charge in [0.2, 0.25) is 5.95 Å². The minimum atomic E-state index is 0.695. The highest BCUT2D eigenvalue weighted by molar-refractivity contribution is 7.18. The fourth-order valence-corrected chi connectivity index (χ4v) is 2.86. The molecule has 0 radical (unpaired) electrons. The molecule has 5 heteroatoms. The van der Waals surface area contributed by atoms with Crippen molar-refractivity contribution in [1.82, 2.24) is 9.97 Å². The predicted octanol–water partition coefficient (Wildman–Crippen LogP) is 3.52. The summed E-state index contributed by atoms with van der Waals surface area (Å²) in [6, 6.07) is 2.18. The van der Waals surface area contributed by atoms with Crippen LogP contribution in [-0.2, 0) is 0 Å². The maximum atomic E-state index is 4.62. The van der Waals surface area contributed by atoms with Crippen molar-refractivity contribution in [3.63, 3.8) is 0 Å². The molecule has 0 aliphatic carbocycles. The van der Waals surface area contributed by atoms with Crippen LogP contribution >= 0.6 is 11.3 Å². The molecule has 0 fully saturated rings. The van der Waals surface area contributed by atoms with E-state index in [1.54, 1.807) is 11.3 Å². The van der Waals surface area contributed by atoms with E-state index < -0.39 is 0 Å². The standard InChI is InChI=1S/C14H22N4S/c1-9(2)6-7-18(5)12-11-8-10(3)19-13(11)17-14(15-4)16-12/h8-9H,6-7H2,1-5H3,(H,15,16,17). The van der Waals surface area contributed by atoms with Crippen LogP contribution in [0.25, 0.3) is 10.2 Å². The van der Waals surface area contributed by atoms with Gasteiger partial charge in [-0.1, -0.05) is 13.8 Å². The molecular weight excluding hydrogens is 256 g/mol. The number of nitrogens with zero attached hydrogens (tertiary/aromatic N) is 3. The topological polar surface area (TPSA) is 41.1 Å². The van der Waals surface area contributed by atoms with E-state index >= 15 is 0 Å². The lowest BCUT2D eigenvalue weighted by Crippen LogP contribution is -2.21. The van der Waals surface area contributed by atoms with E-state index in [0.717, 1.165) is 22.6 Å². The molecule has 2 aromatic rings. The molecule has 0 bridgehead atoms. The first-order chi connectivity index (χ1) is 9.01. The van der Waals surface area contributed by atoms with Crippen LogP contribution in [0.4, 0.5) is 11.8 Å². The summed E-state index contributed by atoms with van der Waals surface area (Å²) in [5, 5.41) is 4.21. The van der Waals surface area contributed by atoms with Gasteiger partial charge >= 0.3 is 0 Å². The van der Waals surface area contributed by atoms with Crippen molar-refractivity contribution in [3.05, 3.63) is 10.9 Å². The minimum Gasteiger partial charge on any atom is -0.359 e. The van der Waals surface area contributed by atoms with Crippen molar-refractivity contribution in [2.45, 2.75) is 27.2 Å². The molecule has 0 saturated heterocycles. The smallest absolute Gasteiger partial charge is 0.225 e. The Kier molecular flexibility index (Phi) is 4.24. The molecule has 2 rings (SSSR count). The Labute approximate surface area is 118 Å². The third-order valence-corrected chi connectivity index (χ3v) is 4.07. The van der Waals surface area contributed by atoms with Crippen LogP contribution in [0.2, 0.25) is 0 Å². The summed E-state index contributed by atoms with van der Waals surface area (Å²) in [5.74, 6) is 2.42. The summed E-state index contributed by atoms with van der Waals surface area (Å²) in [6.07, 6.45) is 1.17. The Balaban J connectivity index is 2.39. The maximum absolute atomic E-state index is 4.62. The largest absolute Gasteiger partial charge is 0.359 e. The number of anilines is 2. The predicted molar refractivity (Wildman–Crippen MR) is 84.4 cm³/mol. The van der Waals surface area contributed by atoms with Crippen molar-refractivity contribution >= 4 is 33.3 Å². The van der Waals surface area contributed by atoms with Gasteiger partial charge in [0.25, 0.3) is 0 Å². The van der Waals surface area contributed by atoms with E-state index in [-0.39, 0.29) is 0 Å². The van der Waals surface area contributed by atoms with Crippen LogP contribution in [0.5, 0.6) is 0 Å². The lowest BCUT2D eigenvalue weighted by atomic mass is 10.1. The van der Waals surface area contributed by atoms with Crippen molar-refractivity contribution in [2.24, 2.45) is 5.92 Å². The zero-order chi connectivity index (χ0) is 14.0. The highest BCUT2D eigenvalue weighted by atomic mass is 32.1. The Hall–Kier alpha value is -1.36. The van der Waals surface area contributed by atoms with Crippen molar-refractivity contribution in [3.8, 4) is 0 Å². The fourth-order valence-electron chi connectivity index (χ4n) is 1.99. The van der Waals surface area contributed by atoms with Gasteiger partial charge in [-0.3, -0.25) is 0 Å². The highest BCUT2D eigenvalue weighted by Crippen LogP contribution is 2.31. The molecule has 0 unspecified atom stereocenters. The van der Waals surface area contributed by atoms with E-state index in [0.29, 0.717) is 11.9 Å². The van der Waals surface area contributed by atoms with Gasteiger partial charge in [0, 0.05) is 25.5 Å². The van der Waals surface area contributed by atoms with Crippen LogP contribution in [0.1, 0.15) is 25.1 Å². The van der Waals surface area contributed by atoms with Crippen LogP contribution in [-0.4, -0.2) is 30.6 Å². The molecule has 0 aliphatic heterocycles. The van der Waals surface area contributed by atoms with E-state index in [1.165, 1.54) is 11.3 Å². The van der Waals surface area contributed by atoms with E-state index in [4.69, 9.17) is 0 Å². The molecule has 4 nitrogen and oxygen atoms in total. The summed E-state index contributed by atoms with van der Waals surface area (Å²) >= 11 is 1.72. The van der Waals surface area contributed by atoms with Crippen molar-refractivity contribution in [1.29, 1.82) is 0 Å². The van der Waals surface area contributed by atoms with Gasteiger partial charge < -0.3 is 10.2 Å². The zero-order valence-electron chi connectivity index (χ0n) is 12.3. The molecule has 0 atom stereocenters. The van der Waals surface area contributed by atoms with Crippen LogP contribution in [0.3, 0.4) is 0 Å². The summed E-state index contributed by atoms with van der Waals surface area (Å²) in [6.45, 7) is 7.62. The third kappa shape index (κ3) is 3.15. The number of thiophene rings is 1. The van der Waals surface area contributed by atoms with Gasteiger partial charge in [0.1, 0.15) is 10.6 Å². The lowest BCUT2D eigenvalue weighted by molar-refractivity contribution is 0.584. The Morgan fingerprint density at radius 2 is 2.11 bits per heavy atom. The number of nitrogens with one attached hydrogen (secondary N) is 1. The van der Waals surface area contributed by atoms with Crippen LogP contribution in [0, 0.1) is 12.8 Å². The molecule has 0 amide bonds. The second kappa shape index (κ2) is 5.74. The van der Waals surface area contributed by atoms with Gasteiger partial charge in [-0.15, -0.1) is 11.3 Å². The lowest BCUT2D eigenvalue weighted by Gasteiger charge is -2.20. The van der Waals surface area contributed by atoms with Gasteiger partial charge in [-0.2, -0.15) is 4.98 Å². The first-order valence-electron chi connectivity index (χ1n) is 6.68. The molecule has 0 saturated carbocycles. The number of aryl methyl sites for hydroxylation is 1. The van der Waals surface area contributed by atoms with Gasteiger partial charge in [-0.25, -0.2) is 4.98 Å². The van der Waals surface area contributed by atoms with Crippen molar-refractivity contribution < 1.29 is 0 Å². The quantitative estimate of drug-likeness (QED) is 0.908. The van der Waals surface area contributed by atoms with E-state index in [2.05, 4.69) is 54.1 Å². The molecule has 0 aliphatic rings. The summed E-state index contributed by atoms with van der Waals surface area (Å²) in [5.41, 5.74) is 0. The summed E-state index contributed by atoms with van der Waals surface area (Å²) in [4.78, 5) is 13.7. The monoisotopic (exact) mass is 278 g/mol. The molecule has 0 aromatic carbocycles. The molecule has 104 valence electrons. The molecule has 0 spiro atoms.